The number of methoxy groups -OCH3 is 1. The van der Waals surface area contributed by atoms with Crippen LogP contribution in [0.15, 0.2) is 36.7 Å². The zero-order chi connectivity index (χ0) is 17.5. The normalized spacial score (nSPS) is 14.2. The average Bonchev–Trinajstić information content (AvgIpc) is 2.69. The number of piperidine rings is 1. The van der Waals surface area contributed by atoms with Gasteiger partial charge >= 0.3 is 0 Å². The molecule has 132 valence electrons. The van der Waals surface area contributed by atoms with E-state index in [0.29, 0.717) is 18.7 Å². The summed E-state index contributed by atoms with van der Waals surface area (Å²) in [5.41, 5.74) is 1.48. The molecule has 1 amide bonds. The van der Waals surface area contributed by atoms with E-state index in [1.807, 2.05) is 24.3 Å². The van der Waals surface area contributed by atoms with Gasteiger partial charge in [-0.15, -0.1) is 0 Å². The van der Waals surface area contributed by atoms with E-state index >= 15 is 0 Å². The van der Waals surface area contributed by atoms with Crippen LogP contribution in [0.5, 0.6) is 5.75 Å². The first kappa shape index (κ1) is 17.2. The largest absolute Gasteiger partial charge is 0.496 e. The minimum atomic E-state index is -0.171. The SMILES string of the molecule is COc1ccccc1CCNC(=O)c1cc(N2CCCCC2)ncn1. The molecule has 2 aromatic rings. The zero-order valence-electron chi connectivity index (χ0n) is 14.6. The van der Waals surface area contributed by atoms with Crippen LogP contribution in [-0.2, 0) is 6.42 Å². The third-order valence-electron chi connectivity index (χ3n) is 4.44. The standard InChI is InChI=1S/C19H24N4O2/c1-25-17-8-4-3-7-15(17)9-10-20-19(24)16-13-18(22-14-21-16)23-11-5-2-6-12-23/h3-4,7-8,13-14H,2,5-6,9-12H2,1H3,(H,20,24). The third-order valence-corrected chi connectivity index (χ3v) is 4.44. The molecule has 25 heavy (non-hydrogen) atoms. The monoisotopic (exact) mass is 340 g/mol. The second-order valence-electron chi connectivity index (χ2n) is 6.13. The summed E-state index contributed by atoms with van der Waals surface area (Å²) < 4.78 is 5.33. The number of anilines is 1. The van der Waals surface area contributed by atoms with Crippen LogP contribution in [0.25, 0.3) is 0 Å². The Morgan fingerprint density at radius 1 is 1.20 bits per heavy atom. The van der Waals surface area contributed by atoms with Crippen LogP contribution in [0.1, 0.15) is 35.3 Å². The molecular weight excluding hydrogens is 316 g/mol. The average molecular weight is 340 g/mol. The summed E-state index contributed by atoms with van der Waals surface area (Å²) in [5.74, 6) is 1.51. The Morgan fingerprint density at radius 3 is 2.80 bits per heavy atom. The Balaban J connectivity index is 1.58. The summed E-state index contributed by atoms with van der Waals surface area (Å²) in [6.45, 7) is 2.51. The molecule has 2 heterocycles. The van der Waals surface area contributed by atoms with Crippen molar-refractivity contribution in [2.24, 2.45) is 0 Å². The summed E-state index contributed by atoms with van der Waals surface area (Å²) in [6, 6.07) is 9.61. The van der Waals surface area contributed by atoms with Gasteiger partial charge in [0.1, 0.15) is 23.6 Å². The Bertz CT molecular complexity index is 714. The molecule has 1 N–H and O–H groups in total. The molecule has 6 nitrogen and oxygen atoms in total. The van der Waals surface area contributed by atoms with E-state index < -0.39 is 0 Å². The van der Waals surface area contributed by atoms with Crippen LogP contribution in [0.2, 0.25) is 0 Å². The predicted molar refractivity (Wildman–Crippen MR) is 97.1 cm³/mol. The molecule has 1 aliphatic heterocycles. The Hall–Kier alpha value is -2.63. The zero-order valence-corrected chi connectivity index (χ0v) is 14.6. The van der Waals surface area contributed by atoms with Gasteiger partial charge in [-0.3, -0.25) is 4.79 Å². The lowest BCUT2D eigenvalue weighted by Crippen LogP contribution is -2.31. The summed E-state index contributed by atoms with van der Waals surface area (Å²) in [7, 11) is 1.65. The molecule has 1 aliphatic rings. The lowest BCUT2D eigenvalue weighted by Gasteiger charge is -2.27. The number of amides is 1. The molecule has 0 aliphatic carbocycles. The van der Waals surface area contributed by atoms with Crippen LogP contribution in [-0.4, -0.2) is 42.6 Å². The van der Waals surface area contributed by atoms with Crippen LogP contribution >= 0.6 is 0 Å². The number of hydrogen-bond donors (Lipinski definition) is 1. The molecular formula is C19H24N4O2. The van der Waals surface area contributed by atoms with Gasteiger partial charge in [-0.05, 0) is 37.3 Å². The maximum atomic E-state index is 12.4. The van der Waals surface area contributed by atoms with Gasteiger partial charge in [0.2, 0.25) is 0 Å². The van der Waals surface area contributed by atoms with Gasteiger partial charge in [0.25, 0.3) is 5.91 Å². The molecule has 6 heteroatoms. The maximum absolute atomic E-state index is 12.4. The van der Waals surface area contributed by atoms with Crippen molar-refractivity contribution in [3.63, 3.8) is 0 Å². The summed E-state index contributed by atoms with van der Waals surface area (Å²) in [6.07, 6.45) is 5.78. The number of nitrogens with zero attached hydrogens (tertiary/aromatic N) is 3. The lowest BCUT2D eigenvalue weighted by molar-refractivity contribution is 0.0949. The second-order valence-corrected chi connectivity index (χ2v) is 6.13. The van der Waals surface area contributed by atoms with Crippen LogP contribution in [0, 0.1) is 0 Å². The third kappa shape index (κ3) is 4.47. The Morgan fingerprint density at radius 2 is 2.00 bits per heavy atom. The summed E-state index contributed by atoms with van der Waals surface area (Å²) in [4.78, 5) is 23.0. The minimum Gasteiger partial charge on any atom is -0.496 e. The fraction of sp³-hybridized carbons (Fsp3) is 0.421. The van der Waals surface area contributed by atoms with Crippen molar-refractivity contribution in [3.05, 3.63) is 47.9 Å². The quantitative estimate of drug-likeness (QED) is 0.875. The number of carbonyl (C=O) groups excluding carboxylic acids is 1. The highest BCUT2D eigenvalue weighted by molar-refractivity contribution is 5.92. The molecule has 0 atom stereocenters. The van der Waals surface area contributed by atoms with Crippen molar-refractivity contribution in [1.82, 2.24) is 15.3 Å². The molecule has 0 bridgehead atoms. The van der Waals surface area contributed by atoms with Crippen molar-refractivity contribution in [3.8, 4) is 5.75 Å². The minimum absolute atomic E-state index is 0.171. The van der Waals surface area contributed by atoms with Crippen molar-refractivity contribution in [2.75, 3.05) is 31.6 Å². The van der Waals surface area contributed by atoms with Crippen molar-refractivity contribution < 1.29 is 9.53 Å². The van der Waals surface area contributed by atoms with Crippen molar-refractivity contribution in [1.29, 1.82) is 0 Å². The van der Waals surface area contributed by atoms with E-state index in [4.69, 9.17) is 4.74 Å². The highest BCUT2D eigenvalue weighted by Crippen LogP contribution is 2.18. The van der Waals surface area contributed by atoms with Gasteiger partial charge in [-0.2, -0.15) is 0 Å². The first-order valence-corrected chi connectivity index (χ1v) is 8.75. The lowest BCUT2D eigenvalue weighted by atomic mass is 10.1. The van der Waals surface area contributed by atoms with Gasteiger partial charge in [0.05, 0.1) is 7.11 Å². The molecule has 1 aromatic carbocycles. The first-order chi connectivity index (χ1) is 12.3. The molecule has 0 saturated carbocycles. The van der Waals surface area contributed by atoms with Gasteiger partial charge in [-0.25, -0.2) is 9.97 Å². The smallest absolute Gasteiger partial charge is 0.270 e. The van der Waals surface area contributed by atoms with Crippen LogP contribution < -0.4 is 15.0 Å². The molecule has 3 rings (SSSR count). The predicted octanol–water partition coefficient (Wildman–Crippen LogP) is 2.45. The summed E-state index contributed by atoms with van der Waals surface area (Å²) in [5, 5.41) is 2.93. The molecule has 0 unspecified atom stereocenters. The van der Waals surface area contributed by atoms with Gasteiger partial charge in [0.15, 0.2) is 0 Å². The molecule has 1 aromatic heterocycles. The number of nitrogens with one attached hydrogen (secondary N) is 1. The molecule has 0 spiro atoms. The van der Waals surface area contributed by atoms with E-state index in [9.17, 15) is 4.79 Å². The van der Waals surface area contributed by atoms with E-state index in [2.05, 4.69) is 20.2 Å². The van der Waals surface area contributed by atoms with Crippen molar-refractivity contribution in [2.45, 2.75) is 25.7 Å². The number of carbonyl (C=O) groups is 1. The van der Waals surface area contributed by atoms with Gasteiger partial charge in [0, 0.05) is 25.7 Å². The van der Waals surface area contributed by atoms with E-state index in [0.717, 1.165) is 30.2 Å². The van der Waals surface area contributed by atoms with E-state index in [1.54, 1.807) is 13.2 Å². The molecule has 0 radical (unpaired) electrons. The van der Waals surface area contributed by atoms with Gasteiger partial charge < -0.3 is 15.0 Å². The molecule has 1 fully saturated rings. The fourth-order valence-corrected chi connectivity index (χ4v) is 3.08. The number of hydrogen-bond acceptors (Lipinski definition) is 5. The number of ether oxygens (including phenoxy) is 1. The van der Waals surface area contributed by atoms with E-state index in [-0.39, 0.29) is 5.91 Å². The maximum Gasteiger partial charge on any atom is 0.270 e. The summed E-state index contributed by atoms with van der Waals surface area (Å²) >= 11 is 0. The number of para-hydroxylation sites is 1. The number of benzene rings is 1. The number of aromatic nitrogens is 2. The van der Waals surface area contributed by atoms with Gasteiger partial charge in [-0.1, -0.05) is 18.2 Å². The second kappa shape index (κ2) is 8.46. The highest BCUT2D eigenvalue weighted by atomic mass is 16.5. The topological polar surface area (TPSA) is 67.3 Å². The Labute approximate surface area is 148 Å². The highest BCUT2D eigenvalue weighted by Gasteiger charge is 2.15. The fourth-order valence-electron chi connectivity index (χ4n) is 3.08. The van der Waals surface area contributed by atoms with Crippen LogP contribution in [0.3, 0.4) is 0 Å². The Kier molecular flexibility index (Phi) is 5.82. The van der Waals surface area contributed by atoms with Crippen molar-refractivity contribution >= 4 is 11.7 Å². The van der Waals surface area contributed by atoms with Crippen LogP contribution in [0.4, 0.5) is 5.82 Å². The first-order valence-electron chi connectivity index (χ1n) is 8.75. The van der Waals surface area contributed by atoms with E-state index in [1.165, 1.54) is 25.6 Å². The molecule has 1 saturated heterocycles. The number of rotatable bonds is 6.